The van der Waals surface area contributed by atoms with E-state index in [-0.39, 0.29) is 11.3 Å². The van der Waals surface area contributed by atoms with E-state index in [4.69, 9.17) is 5.14 Å². The molecule has 0 spiro atoms. The summed E-state index contributed by atoms with van der Waals surface area (Å²) in [6, 6.07) is 14.0. The van der Waals surface area contributed by atoms with Gasteiger partial charge in [0.1, 0.15) is 17.1 Å². The smallest absolute Gasteiger partial charge is 0.230 e. The van der Waals surface area contributed by atoms with Gasteiger partial charge in [-0.3, -0.25) is 0 Å². The summed E-state index contributed by atoms with van der Waals surface area (Å²) in [6.45, 7) is 7.99. The second kappa shape index (κ2) is 9.37. The Labute approximate surface area is 188 Å². The number of nitrogens with two attached hydrogens (primary N) is 1. The third-order valence-electron chi connectivity index (χ3n) is 5.04. The molecule has 0 saturated carbocycles. The van der Waals surface area contributed by atoms with Crippen LogP contribution >= 0.6 is 11.8 Å². The van der Waals surface area contributed by atoms with Crippen LogP contribution in [-0.2, 0) is 20.0 Å². The van der Waals surface area contributed by atoms with E-state index >= 15 is 0 Å². The number of fused-ring (bicyclic) bond motifs is 1. The van der Waals surface area contributed by atoms with Gasteiger partial charge in [-0.2, -0.15) is 4.72 Å². The fourth-order valence-corrected chi connectivity index (χ4v) is 7.11. The number of nitrogens with zero attached hydrogens (tertiary/aromatic N) is 2. The molecule has 2 aromatic rings. The van der Waals surface area contributed by atoms with E-state index < -0.39 is 25.9 Å². The quantitative estimate of drug-likeness (QED) is 0.562. The molecular weight excluding hydrogens is 456 g/mol. The SMILES string of the molecule is CCN(CC)c1ccc(C2Sc3cc(C)ccc3N2CS(=O)(=O)NCS(N)(=O)=O)cc1. The zero-order chi connectivity index (χ0) is 22.8. The lowest BCUT2D eigenvalue weighted by Crippen LogP contribution is -2.40. The molecule has 1 unspecified atom stereocenters. The van der Waals surface area contributed by atoms with Gasteiger partial charge in [-0.1, -0.05) is 30.0 Å². The first-order chi connectivity index (χ1) is 14.5. The van der Waals surface area contributed by atoms with E-state index in [2.05, 4.69) is 23.5 Å². The van der Waals surface area contributed by atoms with Crippen LogP contribution in [0.25, 0.3) is 0 Å². The predicted molar refractivity (Wildman–Crippen MR) is 127 cm³/mol. The number of hydrogen-bond acceptors (Lipinski definition) is 7. The second-order valence-electron chi connectivity index (χ2n) is 7.37. The van der Waals surface area contributed by atoms with Crippen molar-refractivity contribution in [2.45, 2.75) is 31.0 Å². The van der Waals surface area contributed by atoms with Crippen LogP contribution in [0, 0.1) is 6.92 Å². The molecule has 0 saturated heterocycles. The van der Waals surface area contributed by atoms with Crippen molar-refractivity contribution in [3.8, 4) is 0 Å². The van der Waals surface area contributed by atoms with Gasteiger partial charge in [0, 0.05) is 23.7 Å². The maximum atomic E-state index is 12.6. The highest BCUT2D eigenvalue weighted by Crippen LogP contribution is 2.51. The molecule has 0 radical (unpaired) electrons. The van der Waals surface area contributed by atoms with Gasteiger partial charge in [0.2, 0.25) is 20.0 Å². The van der Waals surface area contributed by atoms with Crippen LogP contribution in [0.3, 0.4) is 0 Å². The molecule has 11 heteroatoms. The highest BCUT2D eigenvalue weighted by molar-refractivity contribution is 8.00. The highest BCUT2D eigenvalue weighted by atomic mass is 32.2. The van der Waals surface area contributed by atoms with Gasteiger partial charge in [0.25, 0.3) is 0 Å². The number of aryl methyl sites for hydroxylation is 1. The highest BCUT2D eigenvalue weighted by Gasteiger charge is 2.34. The molecule has 3 rings (SSSR count). The molecule has 0 aliphatic carbocycles. The van der Waals surface area contributed by atoms with Crippen LogP contribution in [0.2, 0.25) is 0 Å². The van der Waals surface area contributed by atoms with Crippen molar-refractivity contribution in [1.82, 2.24) is 4.72 Å². The van der Waals surface area contributed by atoms with Gasteiger partial charge in [-0.05, 0) is 56.2 Å². The number of anilines is 2. The lowest BCUT2D eigenvalue weighted by atomic mass is 10.1. The van der Waals surface area contributed by atoms with Crippen molar-refractivity contribution in [2.75, 3.05) is 34.6 Å². The number of rotatable bonds is 9. The monoisotopic (exact) mass is 484 g/mol. The lowest BCUT2D eigenvalue weighted by molar-refractivity contribution is 0.574. The Morgan fingerprint density at radius 1 is 1.06 bits per heavy atom. The van der Waals surface area contributed by atoms with Crippen molar-refractivity contribution in [3.63, 3.8) is 0 Å². The maximum absolute atomic E-state index is 12.6. The minimum Gasteiger partial charge on any atom is -0.372 e. The van der Waals surface area contributed by atoms with E-state index in [0.717, 1.165) is 40.5 Å². The van der Waals surface area contributed by atoms with Crippen LogP contribution in [0.5, 0.6) is 0 Å². The average molecular weight is 485 g/mol. The van der Waals surface area contributed by atoms with Crippen LogP contribution in [0.15, 0.2) is 47.4 Å². The lowest BCUT2D eigenvalue weighted by Gasteiger charge is -2.27. The fourth-order valence-electron chi connectivity index (χ4n) is 3.49. The molecule has 1 aliphatic rings. The molecular formula is C20H28N4O4S3. The molecule has 170 valence electrons. The van der Waals surface area contributed by atoms with Gasteiger partial charge >= 0.3 is 0 Å². The summed E-state index contributed by atoms with van der Waals surface area (Å²) in [4.78, 5) is 5.00. The van der Waals surface area contributed by atoms with Crippen LogP contribution < -0.4 is 19.7 Å². The van der Waals surface area contributed by atoms with E-state index in [1.165, 1.54) is 0 Å². The third-order valence-corrected chi connectivity index (χ3v) is 8.30. The first-order valence-electron chi connectivity index (χ1n) is 9.89. The van der Waals surface area contributed by atoms with Crippen molar-refractivity contribution in [3.05, 3.63) is 53.6 Å². The zero-order valence-corrected chi connectivity index (χ0v) is 20.2. The normalized spacial score (nSPS) is 16.4. The number of primary sulfonamides is 1. The van der Waals surface area contributed by atoms with Crippen LogP contribution in [0.4, 0.5) is 11.4 Å². The summed E-state index contributed by atoms with van der Waals surface area (Å²) in [5, 5.41) is 4.69. The van der Waals surface area contributed by atoms with E-state index in [9.17, 15) is 16.8 Å². The largest absolute Gasteiger partial charge is 0.372 e. The summed E-state index contributed by atoms with van der Waals surface area (Å²) >= 11 is 1.58. The first-order valence-corrected chi connectivity index (χ1v) is 14.1. The summed E-state index contributed by atoms with van der Waals surface area (Å²) in [5.41, 5.74) is 3.96. The molecule has 1 atom stereocenters. The summed E-state index contributed by atoms with van der Waals surface area (Å²) < 4.78 is 49.7. The standard InChI is InChI=1S/C20H28N4O4S3/c1-4-23(5-2)17-9-7-16(8-10-17)20-24(14-31(27,28)22-13-30(21,25)26)18-11-6-15(3)12-19(18)29-20/h6-12,20,22H,4-5,13-14H2,1-3H3,(H2,21,25,26). The summed E-state index contributed by atoms with van der Waals surface area (Å²) in [6.07, 6.45) is 0. The third kappa shape index (κ3) is 5.92. The Morgan fingerprint density at radius 3 is 2.29 bits per heavy atom. The Hall–Kier alpha value is -1.79. The van der Waals surface area contributed by atoms with E-state index in [1.807, 2.05) is 49.4 Å². The molecule has 0 fully saturated rings. The van der Waals surface area contributed by atoms with Crippen molar-refractivity contribution < 1.29 is 16.8 Å². The van der Waals surface area contributed by atoms with Gasteiger partial charge in [-0.25, -0.2) is 22.0 Å². The Kier molecular flexibility index (Phi) is 7.21. The van der Waals surface area contributed by atoms with E-state index in [0.29, 0.717) is 0 Å². The van der Waals surface area contributed by atoms with Crippen LogP contribution in [-0.4, -0.2) is 41.7 Å². The maximum Gasteiger partial charge on any atom is 0.230 e. The molecule has 31 heavy (non-hydrogen) atoms. The second-order valence-corrected chi connectivity index (χ2v) is 11.9. The van der Waals surface area contributed by atoms with Gasteiger partial charge in [0.05, 0.1) is 5.69 Å². The molecule has 1 aliphatic heterocycles. The summed E-state index contributed by atoms with van der Waals surface area (Å²) in [7, 11) is -7.89. The van der Waals surface area contributed by atoms with Crippen molar-refractivity contribution in [1.29, 1.82) is 0 Å². The van der Waals surface area contributed by atoms with E-state index in [1.54, 1.807) is 16.7 Å². The number of nitrogens with one attached hydrogen (secondary N) is 1. The van der Waals surface area contributed by atoms with Gasteiger partial charge in [0.15, 0.2) is 0 Å². The Morgan fingerprint density at radius 2 is 1.71 bits per heavy atom. The number of thioether (sulfide) groups is 1. The minimum atomic E-state index is -3.96. The molecule has 3 N–H and O–H groups in total. The topological polar surface area (TPSA) is 113 Å². The molecule has 1 heterocycles. The number of hydrogen-bond donors (Lipinski definition) is 2. The Balaban J connectivity index is 1.92. The molecule has 8 nitrogen and oxygen atoms in total. The molecule has 0 bridgehead atoms. The molecule has 0 aromatic heterocycles. The molecule has 0 amide bonds. The van der Waals surface area contributed by atoms with Crippen molar-refractivity contribution >= 4 is 43.2 Å². The number of sulfonamides is 2. The van der Waals surface area contributed by atoms with Gasteiger partial charge < -0.3 is 9.80 Å². The fraction of sp³-hybridized carbons (Fsp3) is 0.400. The molecule has 2 aromatic carbocycles. The zero-order valence-electron chi connectivity index (χ0n) is 17.8. The number of benzene rings is 2. The predicted octanol–water partition coefficient (Wildman–Crippen LogP) is 2.58. The van der Waals surface area contributed by atoms with Crippen LogP contribution in [0.1, 0.15) is 30.3 Å². The van der Waals surface area contributed by atoms with Gasteiger partial charge in [-0.15, -0.1) is 0 Å². The Bertz CT molecular complexity index is 1130. The average Bonchev–Trinajstić information content (AvgIpc) is 3.04. The summed E-state index contributed by atoms with van der Waals surface area (Å²) in [5.74, 6) is -1.21. The first kappa shape index (κ1) is 23.9. The van der Waals surface area contributed by atoms with Crippen molar-refractivity contribution in [2.24, 2.45) is 5.14 Å². The minimum absolute atomic E-state index is 0.256.